The molecule has 5 nitrogen and oxygen atoms in total. The number of hydrazone groups is 1. The predicted molar refractivity (Wildman–Crippen MR) is 70.5 cm³/mol. The fraction of sp³-hybridized carbons (Fsp3) is 0.250. The maximum Gasteiger partial charge on any atom is 0.304 e. The highest BCUT2D eigenvalue weighted by atomic mass is 79.9. The van der Waals surface area contributed by atoms with Crippen LogP contribution in [-0.4, -0.2) is 22.7 Å². The minimum atomic E-state index is -1.00. The molecule has 0 saturated heterocycles. The van der Waals surface area contributed by atoms with Crippen molar-refractivity contribution in [3.63, 3.8) is 0 Å². The number of anilines is 1. The molecule has 1 aliphatic rings. The Morgan fingerprint density at radius 1 is 1.56 bits per heavy atom. The number of carbonyl (C=O) groups is 2. The third-order valence-electron chi connectivity index (χ3n) is 2.70. The first-order valence-electron chi connectivity index (χ1n) is 5.35. The molecule has 1 aliphatic heterocycles. The van der Waals surface area contributed by atoms with Crippen LogP contribution in [0.25, 0.3) is 0 Å². The normalized spacial score (nSPS) is 19.0. The van der Waals surface area contributed by atoms with Gasteiger partial charge in [-0.05, 0) is 25.1 Å². The maximum absolute atomic E-state index is 12.1. The van der Waals surface area contributed by atoms with Crippen molar-refractivity contribution in [3.8, 4) is 0 Å². The molecule has 1 unspecified atom stereocenters. The number of rotatable bonds is 3. The Kier molecular flexibility index (Phi) is 3.47. The Balaban J connectivity index is 2.28. The van der Waals surface area contributed by atoms with Crippen molar-refractivity contribution in [2.24, 2.45) is 11.0 Å². The number of carboxylic acids is 1. The van der Waals surface area contributed by atoms with Crippen LogP contribution >= 0.6 is 15.9 Å². The topological polar surface area (TPSA) is 70.0 Å². The van der Waals surface area contributed by atoms with E-state index in [2.05, 4.69) is 21.0 Å². The minimum absolute atomic E-state index is 0.224. The summed E-state index contributed by atoms with van der Waals surface area (Å²) in [5.74, 6) is -1.96. The van der Waals surface area contributed by atoms with Crippen molar-refractivity contribution >= 4 is 39.2 Å². The molecular formula is C12H11BrN2O3. The standard InChI is InChI=1S/C12H11BrN2O3/c1-7-10(6-11(16)17)12(18)15(14-7)9-4-2-3-8(13)5-9/h2-5,10H,6H2,1H3,(H,16,17). The summed E-state index contributed by atoms with van der Waals surface area (Å²) in [4.78, 5) is 22.8. The quantitative estimate of drug-likeness (QED) is 0.931. The second-order valence-electron chi connectivity index (χ2n) is 4.02. The molecule has 2 rings (SSSR count). The molecule has 0 fully saturated rings. The summed E-state index contributed by atoms with van der Waals surface area (Å²) in [6.45, 7) is 1.67. The predicted octanol–water partition coefficient (Wildman–Crippen LogP) is 2.26. The molecule has 6 heteroatoms. The molecule has 1 amide bonds. The number of carboxylic acid groups (broad SMARTS) is 1. The van der Waals surface area contributed by atoms with Gasteiger partial charge in [-0.2, -0.15) is 5.10 Å². The monoisotopic (exact) mass is 310 g/mol. The minimum Gasteiger partial charge on any atom is -0.481 e. The zero-order valence-electron chi connectivity index (χ0n) is 9.63. The van der Waals surface area contributed by atoms with E-state index in [0.29, 0.717) is 11.4 Å². The molecule has 0 aromatic heterocycles. The molecule has 1 atom stereocenters. The number of aliphatic carboxylic acids is 1. The van der Waals surface area contributed by atoms with Crippen molar-refractivity contribution in [2.75, 3.05) is 5.01 Å². The number of amides is 1. The number of hydrogen-bond acceptors (Lipinski definition) is 3. The zero-order chi connectivity index (χ0) is 13.3. The third-order valence-corrected chi connectivity index (χ3v) is 3.19. The van der Waals surface area contributed by atoms with E-state index in [4.69, 9.17) is 5.11 Å². The molecule has 0 spiro atoms. The second-order valence-corrected chi connectivity index (χ2v) is 4.94. The average molecular weight is 311 g/mol. The molecule has 18 heavy (non-hydrogen) atoms. The molecule has 94 valence electrons. The van der Waals surface area contributed by atoms with Gasteiger partial charge in [-0.25, -0.2) is 5.01 Å². The van der Waals surface area contributed by atoms with Gasteiger partial charge < -0.3 is 5.11 Å². The van der Waals surface area contributed by atoms with Gasteiger partial charge in [0.25, 0.3) is 5.91 Å². The lowest BCUT2D eigenvalue weighted by molar-refractivity contribution is -0.139. The molecule has 1 N–H and O–H groups in total. The highest BCUT2D eigenvalue weighted by molar-refractivity contribution is 9.10. The summed E-state index contributed by atoms with van der Waals surface area (Å²) in [6.07, 6.45) is -0.224. The van der Waals surface area contributed by atoms with E-state index in [1.807, 2.05) is 6.07 Å². The number of hydrogen-bond donors (Lipinski definition) is 1. The SMILES string of the molecule is CC1=NN(c2cccc(Br)c2)C(=O)C1CC(=O)O. The van der Waals surface area contributed by atoms with Crippen molar-refractivity contribution in [2.45, 2.75) is 13.3 Å². The van der Waals surface area contributed by atoms with Gasteiger partial charge in [0.05, 0.1) is 18.0 Å². The molecule has 1 heterocycles. The Bertz CT molecular complexity index is 542. The summed E-state index contributed by atoms with van der Waals surface area (Å²) >= 11 is 3.32. The number of benzene rings is 1. The summed E-state index contributed by atoms with van der Waals surface area (Å²) < 4.78 is 0.835. The van der Waals surface area contributed by atoms with E-state index >= 15 is 0 Å². The van der Waals surface area contributed by atoms with E-state index in [9.17, 15) is 9.59 Å². The van der Waals surface area contributed by atoms with Gasteiger partial charge in [-0.15, -0.1) is 0 Å². The lowest BCUT2D eigenvalue weighted by atomic mass is 10.0. The van der Waals surface area contributed by atoms with Crippen molar-refractivity contribution < 1.29 is 14.7 Å². The van der Waals surface area contributed by atoms with Gasteiger partial charge in [0.1, 0.15) is 0 Å². The number of carbonyl (C=O) groups excluding carboxylic acids is 1. The third kappa shape index (κ3) is 2.43. The first-order chi connectivity index (χ1) is 8.49. The van der Waals surface area contributed by atoms with E-state index in [1.54, 1.807) is 25.1 Å². The van der Waals surface area contributed by atoms with Crippen molar-refractivity contribution in [3.05, 3.63) is 28.7 Å². The lowest BCUT2D eigenvalue weighted by Gasteiger charge is -2.13. The Hall–Kier alpha value is -1.69. The first kappa shape index (κ1) is 12.8. The van der Waals surface area contributed by atoms with E-state index in [-0.39, 0.29) is 12.3 Å². The van der Waals surface area contributed by atoms with Crippen LogP contribution in [0.1, 0.15) is 13.3 Å². The van der Waals surface area contributed by atoms with Crippen LogP contribution in [0.4, 0.5) is 5.69 Å². The second kappa shape index (κ2) is 4.89. The summed E-state index contributed by atoms with van der Waals surface area (Å²) in [5, 5.41) is 14.2. The van der Waals surface area contributed by atoms with Gasteiger partial charge in [0, 0.05) is 10.2 Å². The van der Waals surface area contributed by atoms with E-state index in [0.717, 1.165) is 4.47 Å². The van der Waals surface area contributed by atoms with Crippen molar-refractivity contribution in [1.29, 1.82) is 0 Å². The molecule has 1 aromatic rings. The maximum atomic E-state index is 12.1. The van der Waals surface area contributed by atoms with Gasteiger partial charge in [-0.3, -0.25) is 9.59 Å². The van der Waals surface area contributed by atoms with Gasteiger partial charge in [0.15, 0.2) is 0 Å². The molecule has 1 aromatic carbocycles. The largest absolute Gasteiger partial charge is 0.481 e. The Morgan fingerprint density at radius 3 is 2.89 bits per heavy atom. The Morgan fingerprint density at radius 2 is 2.28 bits per heavy atom. The summed E-state index contributed by atoms with van der Waals surface area (Å²) in [6, 6.07) is 7.15. The highest BCUT2D eigenvalue weighted by Crippen LogP contribution is 2.27. The van der Waals surface area contributed by atoms with Crippen LogP contribution in [0.5, 0.6) is 0 Å². The van der Waals surface area contributed by atoms with Crippen molar-refractivity contribution in [1.82, 2.24) is 0 Å². The van der Waals surface area contributed by atoms with Gasteiger partial charge >= 0.3 is 5.97 Å². The fourth-order valence-corrected chi connectivity index (χ4v) is 2.19. The van der Waals surface area contributed by atoms with E-state index < -0.39 is 11.9 Å². The van der Waals surface area contributed by atoms with Crippen LogP contribution in [0.3, 0.4) is 0 Å². The van der Waals surface area contributed by atoms with Crippen LogP contribution in [0.15, 0.2) is 33.8 Å². The van der Waals surface area contributed by atoms with Crippen LogP contribution in [0, 0.1) is 5.92 Å². The molecular weight excluding hydrogens is 300 g/mol. The van der Waals surface area contributed by atoms with Crippen LogP contribution < -0.4 is 5.01 Å². The number of halogens is 1. The molecule has 0 bridgehead atoms. The van der Waals surface area contributed by atoms with Crippen LogP contribution in [-0.2, 0) is 9.59 Å². The van der Waals surface area contributed by atoms with Gasteiger partial charge in [0.2, 0.25) is 0 Å². The van der Waals surface area contributed by atoms with E-state index in [1.165, 1.54) is 5.01 Å². The molecule has 0 saturated carbocycles. The highest BCUT2D eigenvalue weighted by Gasteiger charge is 2.35. The summed E-state index contributed by atoms with van der Waals surface area (Å²) in [7, 11) is 0. The smallest absolute Gasteiger partial charge is 0.304 e. The van der Waals surface area contributed by atoms with Gasteiger partial charge in [-0.1, -0.05) is 22.0 Å². The average Bonchev–Trinajstić information content (AvgIpc) is 2.56. The fourth-order valence-electron chi connectivity index (χ4n) is 1.81. The van der Waals surface area contributed by atoms with Crippen LogP contribution in [0.2, 0.25) is 0 Å². The first-order valence-corrected chi connectivity index (χ1v) is 6.15. The number of nitrogens with zero attached hydrogens (tertiary/aromatic N) is 2. The lowest BCUT2D eigenvalue weighted by Crippen LogP contribution is -2.28. The molecule has 0 aliphatic carbocycles. The summed E-state index contributed by atoms with van der Waals surface area (Å²) in [5.41, 5.74) is 1.16. The Labute approximate surface area is 112 Å². The zero-order valence-corrected chi connectivity index (χ0v) is 11.2. The molecule has 0 radical (unpaired) electrons.